The second-order valence-corrected chi connectivity index (χ2v) is 4.99. The molecule has 1 aromatic heterocycles. The lowest BCUT2D eigenvalue weighted by Crippen LogP contribution is -3.00. The highest BCUT2D eigenvalue weighted by Gasteiger charge is 2.15. The Kier molecular flexibility index (Phi) is 4.97. The van der Waals surface area contributed by atoms with Crippen molar-refractivity contribution >= 4 is 27.6 Å². The Balaban J connectivity index is 0.00000144. The summed E-state index contributed by atoms with van der Waals surface area (Å²) in [5.74, 6) is 0. The fraction of sp³-hybridized carbons (Fsp3) is 0.308. The van der Waals surface area contributed by atoms with Crippen molar-refractivity contribution in [2.75, 3.05) is 14.1 Å². The van der Waals surface area contributed by atoms with Crippen LogP contribution in [0.5, 0.6) is 0 Å². The minimum absolute atomic E-state index is 0. The highest BCUT2D eigenvalue weighted by atomic mass is 35.5. The molecule has 0 atom stereocenters. The maximum Gasteiger partial charge on any atom is 0.264 e. The number of nitrogens with zero attached hydrogens (tertiary/aromatic N) is 2. The zero-order valence-corrected chi connectivity index (χ0v) is 11.9. The van der Waals surface area contributed by atoms with Crippen molar-refractivity contribution in [1.29, 1.82) is 0 Å². The van der Waals surface area contributed by atoms with Gasteiger partial charge in [0.15, 0.2) is 0 Å². The smallest absolute Gasteiger partial charge is 0.264 e. The fourth-order valence-electron chi connectivity index (χ4n) is 1.72. The summed E-state index contributed by atoms with van der Waals surface area (Å²) < 4.78 is 3.70. The predicted molar refractivity (Wildman–Crippen MR) is 70.4 cm³/mol. The van der Waals surface area contributed by atoms with Crippen LogP contribution in [0.1, 0.15) is 11.9 Å². The van der Waals surface area contributed by atoms with E-state index in [0.717, 1.165) is 6.54 Å². The van der Waals surface area contributed by atoms with Crippen LogP contribution in [-0.2, 0) is 6.54 Å². The van der Waals surface area contributed by atoms with E-state index >= 15 is 0 Å². The Morgan fingerprint density at radius 1 is 1.29 bits per heavy atom. The largest absolute Gasteiger partial charge is 1.00 e. The molecule has 2 nitrogen and oxygen atoms in total. The minimum Gasteiger partial charge on any atom is -1.00 e. The zero-order valence-electron chi connectivity index (χ0n) is 10.4. The van der Waals surface area contributed by atoms with Crippen LogP contribution in [0.2, 0.25) is 0 Å². The molecule has 0 aliphatic heterocycles. The Morgan fingerprint density at radius 3 is 2.65 bits per heavy atom. The molecule has 0 aliphatic carbocycles. The number of halogens is 1. The topological polar surface area (TPSA) is 7.12 Å². The summed E-state index contributed by atoms with van der Waals surface area (Å²) in [5, 5.41) is 1.30. The molecule has 0 fully saturated rings. The third-order valence-corrected chi connectivity index (χ3v) is 3.60. The molecule has 0 spiro atoms. The number of para-hydroxylation sites is 1. The third-order valence-electron chi connectivity index (χ3n) is 2.47. The molecule has 0 N–H and O–H groups in total. The van der Waals surface area contributed by atoms with Gasteiger partial charge in [0.25, 0.3) is 5.01 Å². The van der Waals surface area contributed by atoms with E-state index in [4.69, 9.17) is 0 Å². The maximum absolute atomic E-state index is 2.35. The molecule has 1 aromatic carbocycles. The van der Waals surface area contributed by atoms with Crippen LogP contribution >= 0.6 is 11.3 Å². The van der Waals surface area contributed by atoms with E-state index in [0.29, 0.717) is 0 Å². The monoisotopic (exact) mass is 268 g/mol. The summed E-state index contributed by atoms with van der Waals surface area (Å²) in [4.78, 5) is 2.06. The van der Waals surface area contributed by atoms with Crippen LogP contribution in [-0.4, -0.2) is 19.0 Å². The number of benzene rings is 1. The van der Waals surface area contributed by atoms with E-state index in [2.05, 4.69) is 52.9 Å². The van der Waals surface area contributed by atoms with Crippen LogP contribution < -0.4 is 17.0 Å². The molecule has 1 heterocycles. The molecule has 4 heteroatoms. The quantitative estimate of drug-likeness (QED) is 0.696. The molecule has 17 heavy (non-hydrogen) atoms. The molecule has 92 valence electrons. The first-order valence-electron chi connectivity index (χ1n) is 5.48. The minimum atomic E-state index is 0. The first-order chi connectivity index (χ1) is 7.72. The van der Waals surface area contributed by atoms with E-state index < -0.39 is 0 Å². The van der Waals surface area contributed by atoms with Gasteiger partial charge in [0.1, 0.15) is 11.2 Å². The molecule has 2 rings (SSSR count). The number of fused-ring (bicyclic) bond motifs is 1. The van der Waals surface area contributed by atoms with Gasteiger partial charge in [0.2, 0.25) is 5.52 Å². The standard InChI is InChI=1S/C13H17N2S.ClH/c1-4-15-11-7-5-6-8-12(11)16-13(15)9-10-14(2)3;/h5-10H,4H2,1-3H3;1H/q+1;/p-1. The van der Waals surface area contributed by atoms with Gasteiger partial charge >= 0.3 is 0 Å². The molecular formula is C13H17ClN2S. The second kappa shape index (κ2) is 6.03. The van der Waals surface area contributed by atoms with Crippen molar-refractivity contribution in [1.82, 2.24) is 4.90 Å². The van der Waals surface area contributed by atoms with Gasteiger partial charge in [-0.05, 0) is 13.0 Å². The Morgan fingerprint density at radius 2 is 2.00 bits per heavy atom. The Bertz CT molecular complexity index is 517. The van der Waals surface area contributed by atoms with Gasteiger partial charge in [-0.25, -0.2) is 0 Å². The van der Waals surface area contributed by atoms with E-state index in [-0.39, 0.29) is 12.4 Å². The van der Waals surface area contributed by atoms with Crippen molar-refractivity contribution in [3.63, 3.8) is 0 Å². The van der Waals surface area contributed by atoms with Crippen molar-refractivity contribution in [2.45, 2.75) is 13.5 Å². The highest BCUT2D eigenvalue weighted by molar-refractivity contribution is 7.18. The summed E-state index contributed by atoms with van der Waals surface area (Å²) in [5.41, 5.74) is 1.33. The lowest BCUT2D eigenvalue weighted by molar-refractivity contribution is -0.665. The number of rotatable bonds is 3. The highest BCUT2D eigenvalue weighted by Crippen LogP contribution is 2.20. The van der Waals surface area contributed by atoms with Crippen LogP contribution in [0.4, 0.5) is 0 Å². The van der Waals surface area contributed by atoms with Gasteiger partial charge in [-0.1, -0.05) is 23.5 Å². The van der Waals surface area contributed by atoms with Gasteiger partial charge in [-0.15, -0.1) is 0 Å². The third kappa shape index (κ3) is 2.99. The summed E-state index contributed by atoms with van der Waals surface area (Å²) in [7, 11) is 4.08. The average Bonchev–Trinajstić information content (AvgIpc) is 2.63. The summed E-state index contributed by atoms with van der Waals surface area (Å²) in [6, 6.07) is 8.56. The normalized spacial score (nSPS) is 10.8. The number of aromatic nitrogens is 1. The Hall–Kier alpha value is -1.06. The van der Waals surface area contributed by atoms with E-state index in [9.17, 15) is 0 Å². The van der Waals surface area contributed by atoms with Crippen molar-refractivity contribution in [2.24, 2.45) is 0 Å². The van der Waals surface area contributed by atoms with Gasteiger partial charge in [-0.2, -0.15) is 4.57 Å². The first-order valence-corrected chi connectivity index (χ1v) is 6.30. The molecule has 0 amide bonds. The summed E-state index contributed by atoms with van der Waals surface area (Å²) in [6.45, 7) is 3.20. The number of hydrogen-bond acceptors (Lipinski definition) is 2. The maximum atomic E-state index is 2.35. The SMILES string of the molecule is CC[n+]1c(/C=C/N(C)C)sc2ccccc21.[Cl-]. The molecular weight excluding hydrogens is 252 g/mol. The zero-order chi connectivity index (χ0) is 11.5. The second-order valence-electron chi connectivity index (χ2n) is 3.93. The Labute approximate surface area is 113 Å². The van der Waals surface area contributed by atoms with Crippen LogP contribution in [0.15, 0.2) is 30.5 Å². The molecule has 0 aliphatic rings. The number of hydrogen-bond donors (Lipinski definition) is 0. The average molecular weight is 269 g/mol. The number of thiazole rings is 1. The van der Waals surface area contributed by atoms with Crippen LogP contribution in [0.25, 0.3) is 16.3 Å². The number of aryl methyl sites for hydroxylation is 1. The fourth-order valence-corrected chi connectivity index (χ4v) is 2.84. The van der Waals surface area contributed by atoms with E-state index in [1.165, 1.54) is 15.2 Å². The van der Waals surface area contributed by atoms with Gasteiger partial charge in [-0.3, -0.25) is 0 Å². The van der Waals surface area contributed by atoms with Gasteiger partial charge in [0, 0.05) is 32.4 Å². The predicted octanol–water partition coefficient (Wildman–Crippen LogP) is -0.255. The van der Waals surface area contributed by atoms with Crippen LogP contribution in [0.3, 0.4) is 0 Å². The van der Waals surface area contributed by atoms with E-state index in [1.807, 2.05) is 25.4 Å². The van der Waals surface area contributed by atoms with Crippen LogP contribution in [0, 0.1) is 0 Å². The van der Waals surface area contributed by atoms with Gasteiger partial charge < -0.3 is 17.3 Å². The van der Waals surface area contributed by atoms with Crippen molar-refractivity contribution in [3.05, 3.63) is 35.5 Å². The van der Waals surface area contributed by atoms with Crippen molar-refractivity contribution < 1.29 is 17.0 Å². The lowest BCUT2D eigenvalue weighted by Gasteiger charge is -2.01. The van der Waals surface area contributed by atoms with Gasteiger partial charge in [0.05, 0.1) is 0 Å². The first kappa shape index (κ1) is 14.0. The summed E-state index contributed by atoms with van der Waals surface area (Å²) in [6.07, 6.45) is 4.27. The molecule has 2 aromatic rings. The van der Waals surface area contributed by atoms with Crippen molar-refractivity contribution in [3.8, 4) is 0 Å². The molecule has 0 saturated heterocycles. The summed E-state index contributed by atoms with van der Waals surface area (Å²) >= 11 is 1.84. The van der Waals surface area contributed by atoms with E-state index in [1.54, 1.807) is 0 Å². The molecule has 0 unspecified atom stereocenters. The lowest BCUT2D eigenvalue weighted by atomic mass is 10.3. The molecule has 0 saturated carbocycles. The molecule has 0 radical (unpaired) electrons. The molecule has 0 bridgehead atoms.